The SMILES string of the molecule is CC(=O)N1CCOC2CS(=O)(=O)CC21. The lowest BCUT2D eigenvalue weighted by Crippen LogP contribution is -2.52. The van der Waals surface area contributed by atoms with Crippen molar-refractivity contribution in [3.8, 4) is 0 Å². The van der Waals surface area contributed by atoms with Gasteiger partial charge in [0.05, 0.1) is 30.3 Å². The summed E-state index contributed by atoms with van der Waals surface area (Å²) in [4.78, 5) is 12.8. The highest BCUT2D eigenvalue weighted by atomic mass is 32.2. The van der Waals surface area contributed by atoms with Gasteiger partial charge in [-0.2, -0.15) is 0 Å². The normalized spacial score (nSPS) is 35.4. The van der Waals surface area contributed by atoms with Gasteiger partial charge in [-0.3, -0.25) is 4.79 Å². The molecule has 1 amide bonds. The van der Waals surface area contributed by atoms with E-state index in [9.17, 15) is 13.2 Å². The molecule has 0 saturated carbocycles. The molecular weight excluding hydrogens is 206 g/mol. The molecule has 2 saturated heterocycles. The molecule has 0 aromatic carbocycles. The average Bonchev–Trinajstić information content (AvgIpc) is 2.36. The molecule has 2 unspecified atom stereocenters. The predicted molar refractivity (Wildman–Crippen MR) is 49.6 cm³/mol. The van der Waals surface area contributed by atoms with Crippen LogP contribution in [0, 0.1) is 0 Å². The maximum atomic E-state index is 11.3. The van der Waals surface area contributed by atoms with Gasteiger partial charge in [-0.25, -0.2) is 8.42 Å². The first-order valence-corrected chi connectivity index (χ1v) is 6.41. The van der Waals surface area contributed by atoms with Crippen LogP contribution in [0.3, 0.4) is 0 Å². The summed E-state index contributed by atoms with van der Waals surface area (Å²) in [6.45, 7) is 2.41. The van der Waals surface area contributed by atoms with Crippen LogP contribution in [0.25, 0.3) is 0 Å². The van der Waals surface area contributed by atoms with Gasteiger partial charge < -0.3 is 9.64 Å². The van der Waals surface area contributed by atoms with Gasteiger partial charge in [-0.15, -0.1) is 0 Å². The topological polar surface area (TPSA) is 63.7 Å². The standard InChI is InChI=1S/C8H13NO4S/c1-6(10)9-2-3-13-8-5-14(11,12)4-7(8)9/h7-8H,2-5H2,1H3. The van der Waals surface area contributed by atoms with Gasteiger partial charge in [0.1, 0.15) is 0 Å². The number of hydrogen-bond donors (Lipinski definition) is 0. The molecule has 0 N–H and O–H groups in total. The number of carbonyl (C=O) groups excluding carboxylic acids is 1. The Balaban J connectivity index is 2.22. The van der Waals surface area contributed by atoms with Crippen LogP contribution in [0.4, 0.5) is 0 Å². The lowest BCUT2D eigenvalue weighted by Gasteiger charge is -2.35. The van der Waals surface area contributed by atoms with Crippen molar-refractivity contribution in [1.29, 1.82) is 0 Å². The zero-order chi connectivity index (χ0) is 10.3. The average molecular weight is 219 g/mol. The minimum absolute atomic E-state index is 0.0528. The zero-order valence-corrected chi connectivity index (χ0v) is 8.79. The van der Waals surface area contributed by atoms with E-state index >= 15 is 0 Å². The van der Waals surface area contributed by atoms with Gasteiger partial charge in [-0.1, -0.05) is 0 Å². The minimum atomic E-state index is -3.01. The van der Waals surface area contributed by atoms with Gasteiger partial charge in [-0.05, 0) is 0 Å². The van der Waals surface area contributed by atoms with Crippen LogP contribution in [0.5, 0.6) is 0 Å². The molecule has 0 aromatic rings. The molecule has 2 heterocycles. The van der Waals surface area contributed by atoms with Crippen molar-refractivity contribution in [1.82, 2.24) is 4.90 Å². The smallest absolute Gasteiger partial charge is 0.219 e. The van der Waals surface area contributed by atoms with Gasteiger partial charge in [0, 0.05) is 13.5 Å². The fourth-order valence-corrected chi connectivity index (χ4v) is 3.98. The van der Waals surface area contributed by atoms with Crippen LogP contribution < -0.4 is 0 Å². The highest BCUT2D eigenvalue weighted by Crippen LogP contribution is 2.24. The van der Waals surface area contributed by atoms with Crippen LogP contribution in [0.15, 0.2) is 0 Å². The molecule has 0 spiro atoms. The first kappa shape index (κ1) is 9.92. The molecule has 2 aliphatic heterocycles. The van der Waals surface area contributed by atoms with E-state index in [0.717, 1.165) is 0 Å². The van der Waals surface area contributed by atoms with E-state index in [-0.39, 0.29) is 29.6 Å². The maximum Gasteiger partial charge on any atom is 0.219 e. The van der Waals surface area contributed by atoms with E-state index in [4.69, 9.17) is 4.74 Å². The lowest BCUT2D eigenvalue weighted by atomic mass is 10.1. The maximum absolute atomic E-state index is 11.3. The molecule has 5 nitrogen and oxygen atoms in total. The zero-order valence-electron chi connectivity index (χ0n) is 7.97. The van der Waals surface area contributed by atoms with E-state index in [2.05, 4.69) is 0 Å². The molecular formula is C8H13NO4S. The summed E-state index contributed by atoms with van der Waals surface area (Å²) < 4.78 is 28.0. The number of carbonyl (C=O) groups is 1. The fraction of sp³-hybridized carbons (Fsp3) is 0.875. The number of sulfone groups is 1. The van der Waals surface area contributed by atoms with Crippen LogP contribution in [0.1, 0.15) is 6.92 Å². The molecule has 2 atom stereocenters. The molecule has 14 heavy (non-hydrogen) atoms. The Morgan fingerprint density at radius 3 is 2.79 bits per heavy atom. The Bertz CT molecular complexity index is 350. The molecule has 80 valence electrons. The van der Waals surface area contributed by atoms with Gasteiger partial charge in [0.25, 0.3) is 0 Å². The van der Waals surface area contributed by atoms with Crippen molar-refractivity contribution >= 4 is 15.7 Å². The number of ether oxygens (including phenoxy) is 1. The molecule has 0 bridgehead atoms. The Labute approximate surface area is 82.9 Å². The van der Waals surface area contributed by atoms with E-state index in [1.165, 1.54) is 6.92 Å². The summed E-state index contributed by atoms with van der Waals surface area (Å²) in [6, 6.07) is -0.258. The first-order valence-electron chi connectivity index (χ1n) is 4.59. The summed E-state index contributed by atoms with van der Waals surface area (Å²) in [7, 11) is -3.01. The fourth-order valence-electron chi connectivity index (χ4n) is 2.11. The summed E-state index contributed by atoms with van der Waals surface area (Å²) >= 11 is 0. The van der Waals surface area contributed by atoms with Crippen molar-refractivity contribution in [3.63, 3.8) is 0 Å². The monoisotopic (exact) mass is 219 g/mol. The second-order valence-corrected chi connectivity index (χ2v) is 5.92. The van der Waals surface area contributed by atoms with E-state index in [1.54, 1.807) is 4.90 Å². The molecule has 0 aliphatic carbocycles. The number of rotatable bonds is 0. The third-order valence-electron chi connectivity index (χ3n) is 2.74. The predicted octanol–water partition coefficient (Wildman–Crippen LogP) is -0.969. The lowest BCUT2D eigenvalue weighted by molar-refractivity contribution is -0.140. The second-order valence-electron chi connectivity index (χ2n) is 3.77. The summed E-state index contributed by atoms with van der Waals surface area (Å²) in [5.41, 5.74) is 0. The Morgan fingerprint density at radius 2 is 2.14 bits per heavy atom. The number of amides is 1. The molecule has 2 rings (SSSR count). The molecule has 6 heteroatoms. The minimum Gasteiger partial charge on any atom is -0.373 e. The van der Waals surface area contributed by atoms with E-state index < -0.39 is 9.84 Å². The van der Waals surface area contributed by atoms with E-state index in [1.807, 2.05) is 0 Å². The Kier molecular flexibility index (Phi) is 2.27. The molecule has 2 aliphatic rings. The van der Waals surface area contributed by atoms with Gasteiger partial charge in [0.2, 0.25) is 5.91 Å². The summed E-state index contributed by atoms with van der Waals surface area (Å²) in [5.74, 6) is 0.0407. The van der Waals surface area contributed by atoms with Crippen molar-refractivity contribution < 1.29 is 17.9 Å². The van der Waals surface area contributed by atoms with Crippen molar-refractivity contribution in [3.05, 3.63) is 0 Å². The Hall–Kier alpha value is -0.620. The molecule has 0 radical (unpaired) electrons. The number of fused-ring (bicyclic) bond motifs is 1. The summed E-state index contributed by atoms with van der Waals surface area (Å²) in [5, 5.41) is 0. The first-order chi connectivity index (χ1) is 6.49. The third kappa shape index (κ3) is 1.64. The third-order valence-corrected chi connectivity index (χ3v) is 4.43. The van der Waals surface area contributed by atoms with Crippen LogP contribution in [0.2, 0.25) is 0 Å². The quantitative estimate of drug-likeness (QED) is 0.526. The van der Waals surface area contributed by atoms with Crippen LogP contribution >= 0.6 is 0 Å². The second kappa shape index (κ2) is 3.20. The van der Waals surface area contributed by atoms with Gasteiger partial charge in [0.15, 0.2) is 9.84 Å². The van der Waals surface area contributed by atoms with Crippen molar-refractivity contribution in [2.45, 2.75) is 19.1 Å². The van der Waals surface area contributed by atoms with Gasteiger partial charge >= 0.3 is 0 Å². The van der Waals surface area contributed by atoms with Crippen LogP contribution in [-0.2, 0) is 19.4 Å². The van der Waals surface area contributed by atoms with Crippen molar-refractivity contribution in [2.24, 2.45) is 0 Å². The number of nitrogens with zero attached hydrogens (tertiary/aromatic N) is 1. The largest absolute Gasteiger partial charge is 0.373 e. The summed E-state index contributed by atoms with van der Waals surface area (Å²) in [6.07, 6.45) is -0.308. The van der Waals surface area contributed by atoms with Crippen LogP contribution in [-0.4, -0.2) is 56.0 Å². The number of hydrogen-bond acceptors (Lipinski definition) is 4. The highest BCUT2D eigenvalue weighted by molar-refractivity contribution is 7.91. The number of morpholine rings is 1. The molecule has 0 aromatic heterocycles. The van der Waals surface area contributed by atoms with E-state index in [0.29, 0.717) is 13.2 Å². The highest BCUT2D eigenvalue weighted by Gasteiger charge is 2.44. The Morgan fingerprint density at radius 1 is 1.43 bits per heavy atom. The van der Waals surface area contributed by atoms with Crippen molar-refractivity contribution in [2.75, 3.05) is 24.7 Å². The molecule has 2 fully saturated rings.